The molecule has 0 radical (unpaired) electrons. The number of carbonyl (C=O) groups is 1. The molecule has 2 aliphatic rings. The molecule has 3 rings (SSSR count). The summed E-state index contributed by atoms with van der Waals surface area (Å²) < 4.78 is 5.39. The number of hydrogen-bond acceptors (Lipinski definition) is 6. The van der Waals surface area contributed by atoms with Gasteiger partial charge in [-0.1, -0.05) is 0 Å². The van der Waals surface area contributed by atoms with E-state index in [1.807, 2.05) is 4.90 Å². The lowest BCUT2D eigenvalue weighted by molar-refractivity contribution is 0.0169. The maximum absolute atomic E-state index is 12.5. The SMILES string of the molecule is O=C(Oc1cnc(Cl)nc1)N1CCCCC1N1CCNCC1. The number of hydrogen-bond donors (Lipinski definition) is 1. The topological polar surface area (TPSA) is 70.6 Å². The van der Waals surface area contributed by atoms with Gasteiger partial charge in [0.2, 0.25) is 5.28 Å². The number of aromatic nitrogens is 2. The largest absolute Gasteiger partial charge is 0.416 e. The third kappa shape index (κ3) is 3.66. The minimum atomic E-state index is -0.339. The normalized spacial score (nSPS) is 23.3. The van der Waals surface area contributed by atoms with Crippen LogP contribution in [0.3, 0.4) is 0 Å². The number of halogens is 1. The fourth-order valence-electron chi connectivity index (χ4n) is 3.00. The number of ether oxygens (including phenoxy) is 1. The molecule has 8 heteroatoms. The summed E-state index contributed by atoms with van der Waals surface area (Å²) in [4.78, 5) is 24.3. The van der Waals surface area contributed by atoms with Crippen LogP contribution in [-0.4, -0.2) is 64.8 Å². The number of nitrogens with one attached hydrogen (secondary N) is 1. The molecular formula is C14H20ClN5O2. The minimum absolute atomic E-state index is 0.122. The van der Waals surface area contributed by atoms with Crippen molar-refractivity contribution in [2.45, 2.75) is 25.4 Å². The molecule has 7 nitrogen and oxygen atoms in total. The van der Waals surface area contributed by atoms with Crippen LogP contribution < -0.4 is 10.1 Å². The summed E-state index contributed by atoms with van der Waals surface area (Å²) in [6.07, 6.45) is 5.75. The van der Waals surface area contributed by atoms with Crippen molar-refractivity contribution < 1.29 is 9.53 Å². The Balaban J connectivity index is 1.66. The van der Waals surface area contributed by atoms with Gasteiger partial charge in [-0.3, -0.25) is 9.80 Å². The summed E-state index contributed by atoms with van der Waals surface area (Å²) in [5, 5.41) is 3.47. The van der Waals surface area contributed by atoms with Gasteiger partial charge in [0.1, 0.15) is 0 Å². The fourth-order valence-corrected chi connectivity index (χ4v) is 3.10. The maximum Gasteiger partial charge on any atom is 0.416 e. The molecule has 3 heterocycles. The van der Waals surface area contributed by atoms with Crippen LogP contribution in [0.15, 0.2) is 12.4 Å². The van der Waals surface area contributed by atoms with Gasteiger partial charge >= 0.3 is 6.09 Å². The Labute approximate surface area is 134 Å². The van der Waals surface area contributed by atoms with Gasteiger partial charge in [-0.25, -0.2) is 14.8 Å². The predicted octanol–water partition coefficient (Wildman–Crippen LogP) is 1.35. The first-order chi connectivity index (χ1) is 10.7. The van der Waals surface area contributed by atoms with Gasteiger partial charge in [0.05, 0.1) is 18.6 Å². The molecule has 1 aromatic rings. The Kier molecular flexibility index (Phi) is 5.07. The second-order valence-electron chi connectivity index (χ2n) is 5.51. The van der Waals surface area contributed by atoms with Crippen molar-refractivity contribution in [1.82, 2.24) is 25.1 Å². The van der Waals surface area contributed by atoms with E-state index >= 15 is 0 Å². The highest BCUT2D eigenvalue weighted by atomic mass is 35.5. The number of piperazine rings is 1. The second kappa shape index (κ2) is 7.21. The molecule has 0 aliphatic carbocycles. The van der Waals surface area contributed by atoms with Crippen molar-refractivity contribution in [3.05, 3.63) is 17.7 Å². The van der Waals surface area contributed by atoms with Crippen LogP contribution in [0.25, 0.3) is 0 Å². The minimum Gasteiger partial charge on any atom is -0.407 e. The Morgan fingerprint density at radius 2 is 1.95 bits per heavy atom. The molecule has 0 spiro atoms. The Hall–Kier alpha value is -1.44. The van der Waals surface area contributed by atoms with Gasteiger partial charge in [0.15, 0.2) is 5.75 Å². The second-order valence-corrected chi connectivity index (χ2v) is 5.85. The van der Waals surface area contributed by atoms with E-state index in [0.29, 0.717) is 5.75 Å². The van der Waals surface area contributed by atoms with E-state index in [0.717, 1.165) is 52.0 Å². The Morgan fingerprint density at radius 3 is 2.68 bits per heavy atom. The van der Waals surface area contributed by atoms with Gasteiger partial charge in [-0.05, 0) is 30.9 Å². The molecule has 120 valence electrons. The van der Waals surface area contributed by atoms with E-state index in [1.165, 1.54) is 12.4 Å². The number of nitrogens with zero attached hydrogens (tertiary/aromatic N) is 4. The van der Waals surface area contributed by atoms with Crippen LogP contribution in [0.1, 0.15) is 19.3 Å². The van der Waals surface area contributed by atoms with Crippen molar-refractivity contribution in [3.8, 4) is 5.75 Å². The number of amides is 1. The third-order valence-corrected chi connectivity index (χ3v) is 4.28. The molecule has 1 N–H and O–H groups in total. The van der Waals surface area contributed by atoms with E-state index in [2.05, 4.69) is 20.2 Å². The van der Waals surface area contributed by atoms with Crippen molar-refractivity contribution in [1.29, 1.82) is 0 Å². The van der Waals surface area contributed by atoms with Gasteiger partial charge in [-0.2, -0.15) is 0 Å². The molecule has 22 heavy (non-hydrogen) atoms. The lowest BCUT2D eigenvalue weighted by Crippen LogP contribution is -2.58. The van der Waals surface area contributed by atoms with Crippen LogP contribution in [-0.2, 0) is 0 Å². The molecular weight excluding hydrogens is 306 g/mol. The molecule has 0 bridgehead atoms. The summed E-state index contributed by atoms with van der Waals surface area (Å²) >= 11 is 5.64. The summed E-state index contributed by atoms with van der Waals surface area (Å²) in [6, 6.07) is 0. The molecule has 2 fully saturated rings. The van der Waals surface area contributed by atoms with Gasteiger partial charge in [0.25, 0.3) is 0 Å². The first-order valence-corrected chi connectivity index (χ1v) is 8.02. The molecule has 0 aromatic carbocycles. The van der Waals surface area contributed by atoms with E-state index in [4.69, 9.17) is 16.3 Å². The monoisotopic (exact) mass is 325 g/mol. The molecule has 1 atom stereocenters. The molecule has 2 aliphatic heterocycles. The molecule has 1 amide bonds. The Morgan fingerprint density at radius 1 is 1.23 bits per heavy atom. The standard InChI is InChI=1S/C14H20ClN5O2/c15-13-17-9-11(10-18-13)22-14(21)20-6-2-1-3-12(20)19-7-4-16-5-8-19/h9-10,12,16H,1-8H2. The zero-order chi connectivity index (χ0) is 15.4. The zero-order valence-corrected chi connectivity index (χ0v) is 13.1. The molecule has 1 aromatic heterocycles. The van der Waals surface area contributed by atoms with Crippen molar-refractivity contribution >= 4 is 17.7 Å². The van der Waals surface area contributed by atoms with Crippen molar-refractivity contribution in [2.75, 3.05) is 32.7 Å². The van der Waals surface area contributed by atoms with Crippen molar-refractivity contribution in [2.24, 2.45) is 0 Å². The summed E-state index contributed by atoms with van der Waals surface area (Å²) in [7, 11) is 0. The lowest BCUT2D eigenvalue weighted by atomic mass is 10.1. The smallest absolute Gasteiger partial charge is 0.407 e. The number of likely N-dealkylation sites (tertiary alicyclic amines) is 1. The van der Waals surface area contributed by atoms with E-state index < -0.39 is 0 Å². The third-order valence-electron chi connectivity index (χ3n) is 4.08. The van der Waals surface area contributed by atoms with Crippen LogP contribution in [0.5, 0.6) is 5.75 Å². The summed E-state index contributed by atoms with van der Waals surface area (Å²) in [5.41, 5.74) is 0. The zero-order valence-electron chi connectivity index (χ0n) is 12.4. The van der Waals surface area contributed by atoms with Crippen LogP contribution >= 0.6 is 11.6 Å². The first-order valence-electron chi connectivity index (χ1n) is 7.65. The highest BCUT2D eigenvalue weighted by Gasteiger charge is 2.33. The van der Waals surface area contributed by atoms with E-state index in [-0.39, 0.29) is 17.5 Å². The molecule has 1 unspecified atom stereocenters. The number of piperidine rings is 1. The van der Waals surface area contributed by atoms with Crippen LogP contribution in [0.4, 0.5) is 4.79 Å². The Bertz CT molecular complexity index is 506. The van der Waals surface area contributed by atoms with Crippen LogP contribution in [0, 0.1) is 0 Å². The highest BCUT2D eigenvalue weighted by Crippen LogP contribution is 2.22. The molecule has 2 saturated heterocycles. The summed E-state index contributed by atoms with van der Waals surface area (Å²) in [6.45, 7) is 4.56. The van der Waals surface area contributed by atoms with E-state index in [9.17, 15) is 4.79 Å². The average Bonchev–Trinajstić information content (AvgIpc) is 2.58. The van der Waals surface area contributed by atoms with Crippen molar-refractivity contribution in [3.63, 3.8) is 0 Å². The lowest BCUT2D eigenvalue weighted by Gasteiger charge is -2.43. The summed E-state index contributed by atoms with van der Waals surface area (Å²) in [5.74, 6) is 0.319. The average molecular weight is 326 g/mol. The first kappa shape index (κ1) is 15.5. The van der Waals surface area contributed by atoms with Gasteiger partial charge in [0, 0.05) is 32.7 Å². The molecule has 0 saturated carbocycles. The number of rotatable bonds is 2. The quantitative estimate of drug-likeness (QED) is 0.828. The number of carbonyl (C=O) groups excluding carboxylic acids is 1. The van der Waals surface area contributed by atoms with Gasteiger partial charge in [-0.15, -0.1) is 0 Å². The fraction of sp³-hybridized carbons (Fsp3) is 0.643. The highest BCUT2D eigenvalue weighted by molar-refractivity contribution is 6.28. The van der Waals surface area contributed by atoms with Gasteiger partial charge < -0.3 is 10.1 Å². The van der Waals surface area contributed by atoms with E-state index in [1.54, 1.807) is 0 Å². The predicted molar refractivity (Wildman–Crippen MR) is 81.9 cm³/mol. The maximum atomic E-state index is 12.5. The van der Waals surface area contributed by atoms with Crippen LogP contribution in [0.2, 0.25) is 5.28 Å².